The molecule has 0 saturated carbocycles. The van der Waals surface area contributed by atoms with Gasteiger partial charge in [0, 0.05) is 26.2 Å². The fourth-order valence-electron chi connectivity index (χ4n) is 2.38. The average Bonchev–Trinajstić information content (AvgIpc) is 2.64. The Morgan fingerprint density at radius 3 is 2.47 bits per heavy atom. The van der Waals surface area contributed by atoms with Crippen LogP contribution in [-0.4, -0.2) is 48.9 Å². The van der Waals surface area contributed by atoms with Gasteiger partial charge in [0.25, 0.3) is 0 Å². The van der Waals surface area contributed by atoms with Crippen molar-refractivity contribution in [3.05, 3.63) is 35.4 Å². The van der Waals surface area contributed by atoms with Crippen molar-refractivity contribution in [2.24, 2.45) is 5.73 Å². The Bertz CT molecular complexity index is 416. The van der Waals surface area contributed by atoms with Crippen LogP contribution < -0.4 is 5.73 Å². The first kappa shape index (κ1) is 14.0. The molecule has 0 aliphatic carbocycles. The molecular formula is C15H23N3O. The number of carbonyl (C=O) groups is 1. The monoisotopic (exact) mass is 261 g/mol. The molecular weight excluding hydrogens is 238 g/mol. The molecule has 4 heteroatoms. The van der Waals surface area contributed by atoms with Crippen molar-refractivity contribution >= 4 is 5.91 Å². The van der Waals surface area contributed by atoms with Crippen molar-refractivity contribution < 1.29 is 4.79 Å². The summed E-state index contributed by atoms with van der Waals surface area (Å²) in [5, 5.41) is 0. The summed E-state index contributed by atoms with van der Waals surface area (Å²) in [4.78, 5) is 16.5. The molecule has 1 aliphatic heterocycles. The lowest BCUT2D eigenvalue weighted by molar-refractivity contribution is -0.130. The third-order valence-corrected chi connectivity index (χ3v) is 3.69. The Balaban J connectivity index is 1.92. The second-order valence-electron chi connectivity index (χ2n) is 5.24. The minimum Gasteiger partial charge on any atom is -0.341 e. The van der Waals surface area contributed by atoms with Gasteiger partial charge in [-0.15, -0.1) is 0 Å². The highest BCUT2D eigenvalue weighted by atomic mass is 16.2. The molecule has 0 atom stereocenters. The molecule has 1 heterocycles. The van der Waals surface area contributed by atoms with Gasteiger partial charge in [0.05, 0.1) is 6.42 Å². The fourth-order valence-corrected chi connectivity index (χ4v) is 2.38. The van der Waals surface area contributed by atoms with Gasteiger partial charge in [0.1, 0.15) is 0 Å². The lowest BCUT2D eigenvalue weighted by atomic mass is 10.1. The zero-order chi connectivity index (χ0) is 13.7. The lowest BCUT2D eigenvalue weighted by Crippen LogP contribution is -2.35. The van der Waals surface area contributed by atoms with Crippen molar-refractivity contribution in [3.63, 3.8) is 0 Å². The van der Waals surface area contributed by atoms with E-state index in [1.54, 1.807) is 0 Å². The van der Waals surface area contributed by atoms with Crippen molar-refractivity contribution in [1.29, 1.82) is 0 Å². The predicted molar refractivity (Wildman–Crippen MR) is 76.7 cm³/mol. The zero-order valence-corrected chi connectivity index (χ0v) is 11.6. The third-order valence-electron chi connectivity index (χ3n) is 3.69. The van der Waals surface area contributed by atoms with Crippen molar-refractivity contribution in [3.8, 4) is 0 Å². The number of likely N-dealkylation sites (N-methyl/N-ethyl adjacent to an activating group) is 1. The van der Waals surface area contributed by atoms with Crippen LogP contribution in [0.3, 0.4) is 0 Å². The minimum atomic E-state index is 0.232. The van der Waals surface area contributed by atoms with Crippen LogP contribution in [0.15, 0.2) is 24.3 Å². The van der Waals surface area contributed by atoms with Gasteiger partial charge in [0.2, 0.25) is 5.91 Å². The van der Waals surface area contributed by atoms with Gasteiger partial charge in [0.15, 0.2) is 0 Å². The Labute approximate surface area is 115 Å². The molecule has 1 aromatic carbocycles. The van der Waals surface area contributed by atoms with Gasteiger partial charge >= 0.3 is 0 Å². The van der Waals surface area contributed by atoms with Crippen LogP contribution in [0.5, 0.6) is 0 Å². The number of carbonyl (C=O) groups excluding carboxylic acids is 1. The van der Waals surface area contributed by atoms with Gasteiger partial charge in [-0.25, -0.2) is 0 Å². The first-order valence-electron chi connectivity index (χ1n) is 6.93. The first-order valence-corrected chi connectivity index (χ1v) is 6.93. The van der Waals surface area contributed by atoms with Gasteiger partial charge < -0.3 is 15.5 Å². The molecule has 1 saturated heterocycles. The van der Waals surface area contributed by atoms with Crippen LogP contribution in [0.25, 0.3) is 0 Å². The normalized spacial score (nSPS) is 17.3. The van der Waals surface area contributed by atoms with E-state index in [0.717, 1.165) is 43.7 Å². The molecule has 0 aromatic heterocycles. The molecule has 19 heavy (non-hydrogen) atoms. The standard InChI is InChI=1S/C15H23N3O/c1-17-7-2-8-18(10-9-17)15(19)11-13-3-5-14(12-16)6-4-13/h3-6H,2,7-12,16H2,1H3. The maximum Gasteiger partial charge on any atom is 0.227 e. The number of hydrogen-bond acceptors (Lipinski definition) is 3. The van der Waals surface area contributed by atoms with Crippen molar-refractivity contribution in [2.75, 3.05) is 33.2 Å². The average molecular weight is 261 g/mol. The molecule has 2 N–H and O–H groups in total. The molecule has 1 fully saturated rings. The molecule has 0 spiro atoms. The first-order chi connectivity index (χ1) is 9.19. The van der Waals surface area contributed by atoms with E-state index in [1.165, 1.54) is 0 Å². The van der Waals surface area contributed by atoms with E-state index in [-0.39, 0.29) is 5.91 Å². The van der Waals surface area contributed by atoms with E-state index < -0.39 is 0 Å². The van der Waals surface area contributed by atoms with Crippen LogP contribution in [-0.2, 0) is 17.8 Å². The summed E-state index contributed by atoms with van der Waals surface area (Å²) >= 11 is 0. The van der Waals surface area contributed by atoms with E-state index in [2.05, 4.69) is 11.9 Å². The maximum absolute atomic E-state index is 12.3. The van der Waals surface area contributed by atoms with E-state index in [9.17, 15) is 4.79 Å². The summed E-state index contributed by atoms with van der Waals surface area (Å²) in [5.41, 5.74) is 7.74. The van der Waals surface area contributed by atoms with E-state index in [4.69, 9.17) is 5.73 Å². The zero-order valence-electron chi connectivity index (χ0n) is 11.6. The highest BCUT2D eigenvalue weighted by Crippen LogP contribution is 2.08. The maximum atomic E-state index is 12.3. The summed E-state index contributed by atoms with van der Waals surface area (Å²) in [6.07, 6.45) is 1.56. The summed E-state index contributed by atoms with van der Waals surface area (Å²) < 4.78 is 0. The Morgan fingerprint density at radius 2 is 1.79 bits per heavy atom. The van der Waals surface area contributed by atoms with Gasteiger partial charge in [-0.3, -0.25) is 4.79 Å². The molecule has 0 unspecified atom stereocenters. The van der Waals surface area contributed by atoms with Crippen molar-refractivity contribution in [1.82, 2.24) is 9.80 Å². The Morgan fingerprint density at radius 1 is 1.11 bits per heavy atom. The quantitative estimate of drug-likeness (QED) is 0.877. The topological polar surface area (TPSA) is 49.6 Å². The van der Waals surface area contributed by atoms with Crippen molar-refractivity contribution in [2.45, 2.75) is 19.4 Å². The van der Waals surface area contributed by atoms with Crippen LogP contribution in [0.4, 0.5) is 0 Å². The molecule has 1 amide bonds. The number of rotatable bonds is 3. The number of benzene rings is 1. The number of nitrogens with two attached hydrogens (primary N) is 1. The van der Waals surface area contributed by atoms with Crippen LogP contribution in [0.1, 0.15) is 17.5 Å². The molecule has 0 radical (unpaired) electrons. The van der Waals surface area contributed by atoms with E-state index >= 15 is 0 Å². The summed E-state index contributed by atoms with van der Waals surface area (Å²) in [7, 11) is 2.11. The summed E-state index contributed by atoms with van der Waals surface area (Å²) in [5.74, 6) is 0.232. The highest BCUT2D eigenvalue weighted by Gasteiger charge is 2.17. The number of nitrogens with zero attached hydrogens (tertiary/aromatic N) is 2. The Kier molecular flexibility index (Phi) is 4.93. The smallest absolute Gasteiger partial charge is 0.227 e. The fraction of sp³-hybridized carbons (Fsp3) is 0.533. The van der Waals surface area contributed by atoms with Crippen LogP contribution in [0.2, 0.25) is 0 Å². The summed E-state index contributed by atoms with van der Waals surface area (Å²) in [6, 6.07) is 8.01. The largest absolute Gasteiger partial charge is 0.341 e. The molecule has 1 aromatic rings. The van der Waals surface area contributed by atoms with Crippen LogP contribution in [0, 0.1) is 0 Å². The second kappa shape index (κ2) is 6.68. The molecule has 0 bridgehead atoms. The second-order valence-corrected chi connectivity index (χ2v) is 5.24. The lowest BCUT2D eigenvalue weighted by Gasteiger charge is -2.20. The highest BCUT2D eigenvalue weighted by molar-refractivity contribution is 5.78. The van der Waals surface area contributed by atoms with Gasteiger partial charge in [-0.1, -0.05) is 24.3 Å². The summed E-state index contributed by atoms with van der Waals surface area (Å²) in [6.45, 7) is 4.32. The van der Waals surface area contributed by atoms with Crippen LogP contribution >= 0.6 is 0 Å². The van der Waals surface area contributed by atoms with E-state index in [0.29, 0.717) is 13.0 Å². The molecule has 1 aliphatic rings. The SMILES string of the molecule is CN1CCCN(C(=O)Cc2ccc(CN)cc2)CC1. The number of hydrogen-bond donors (Lipinski definition) is 1. The molecule has 2 rings (SSSR count). The minimum absolute atomic E-state index is 0.232. The van der Waals surface area contributed by atoms with Gasteiger partial charge in [-0.2, -0.15) is 0 Å². The van der Waals surface area contributed by atoms with Gasteiger partial charge in [-0.05, 0) is 31.1 Å². The predicted octanol–water partition coefficient (Wildman–Crippen LogP) is 0.852. The number of amides is 1. The Hall–Kier alpha value is -1.39. The molecule has 104 valence electrons. The molecule has 4 nitrogen and oxygen atoms in total. The third kappa shape index (κ3) is 4.04. The van der Waals surface area contributed by atoms with E-state index in [1.807, 2.05) is 29.2 Å².